The van der Waals surface area contributed by atoms with Crippen molar-refractivity contribution in [3.63, 3.8) is 0 Å². The van der Waals surface area contributed by atoms with Gasteiger partial charge in [0, 0.05) is 38.4 Å². The largest absolute Gasteiger partial charge is 0.396 e. The standard InChI is InChI=1S/C14H21N5O/c15-12-10-16-5-4-13(12)18-6-8-19(9-7-18)14(20)17-11-2-1-3-11/h4-5,10-11H,1-3,6-9,15H2,(H,17,20). The van der Waals surface area contributed by atoms with Gasteiger partial charge in [-0.05, 0) is 25.3 Å². The van der Waals surface area contributed by atoms with Gasteiger partial charge in [-0.2, -0.15) is 0 Å². The van der Waals surface area contributed by atoms with Crippen LogP contribution < -0.4 is 16.0 Å². The summed E-state index contributed by atoms with van der Waals surface area (Å²) in [5.41, 5.74) is 7.65. The fourth-order valence-corrected chi connectivity index (χ4v) is 2.66. The Morgan fingerprint density at radius 3 is 2.65 bits per heavy atom. The third kappa shape index (κ3) is 2.64. The number of carbonyl (C=O) groups is 1. The molecule has 1 aliphatic carbocycles. The number of nitrogens with zero attached hydrogens (tertiary/aromatic N) is 3. The molecule has 2 heterocycles. The lowest BCUT2D eigenvalue weighted by Crippen LogP contribution is -2.54. The quantitative estimate of drug-likeness (QED) is 0.846. The Kier molecular flexibility index (Phi) is 3.62. The molecule has 1 saturated carbocycles. The number of nitrogens with two attached hydrogens (primary N) is 1. The van der Waals surface area contributed by atoms with Gasteiger partial charge in [0.15, 0.2) is 0 Å². The Morgan fingerprint density at radius 1 is 1.30 bits per heavy atom. The van der Waals surface area contributed by atoms with E-state index >= 15 is 0 Å². The monoisotopic (exact) mass is 275 g/mol. The van der Waals surface area contributed by atoms with E-state index in [0.717, 1.165) is 44.7 Å². The van der Waals surface area contributed by atoms with Crippen molar-refractivity contribution in [2.24, 2.45) is 0 Å². The van der Waals surface area contributed by atoms with E-state index in [9.17, 15) is 4.79 Å². The van der Waals surface area contributed by atoms with Crippen LogP contribution in [0.4, 0.5) is 16.2 Å². The number of anilines is 2. The van der Waals surface area contributed by atoms with Crippen molar-refractivity contribution < 1.29 is 4.79 Å². The summed E-state index contributed by atoms with van der Waals surface area (Å²) in [6.07, 6.45) is 6.91. The molecule has 108 valence electrons. The molecule has 20 heavy (non-hydrogen) atoms. The van der Waals surface area contributed by atoms with E-state index in [1.54, 1.807) is 12.4 Å². The number of piperazine rings is 1. The number of amides is 2. The molecule has 0 spiro atoms. The van der Waals surface area contributed by atoms with Gasteiger partial charge in [0.25, 0.3) is 0 Å². The minimum absolute atomic E-state index is 0.0806. The highest BCUT2D eigenvalue weighted by Crippen LogP contribution is 2.23. The summed E-state index contributed by atoms with van der Waals surface area (Å²) in [6, 6.07) is 2.41. The Morgan fingerprint density at radius 2 is 2.05 bits per heavy atom. The molecule has 0 radical (unpaired) electrons. The van der Waals surface area contributed by atoms with Gasteiger partial charge < -0.3 is 20.9 Å². The number of pyridine rings is 1. The van der Waals surface area contributed by atoms with Crippen LogP contribution in [0.2, 0.25) is 0 Å². The number of hydrogen-bond donors (Lipinski definition) is 2. The van der Waals surface area contributed by atoms with Crippen molar-refractivity contribution in [3.05, 3.63) is 18.5 Å². The summed E-state index contributed by atoms with van der Waals surface area (Å²) in [5.74, 6) is 0. The second-order valence-electron chi connectivity index (χ2n) is 5.49. The van der Waals surface area contributed by atoms with Crippen molar-refractivity contribution in [1.82, 2.24) is 15.2 Å². The van der Waals surface area contributed by atoms with Crippen LogP contribution in [-0.2, 0) is 0 Å². The van der Waals surface area contributed by atoms with E-state index in [1.165, 1.54) is 6.42 Å². The Balaban J connectivity index is 1.54. The summed E-state index contributed by atoms with van der Waals surface area (Å²) in [5, 5.41) is 3.09. The van der Waals surface area contributed by atoms with E-state index < -0.39 is 0 Å². The average Bonchev–Trinajstić information content (AvgIpc) is 2.43. The zero-order chi connectivity index (χ0) is 13.9. The molecular formula is C14H21N5O. The van der Waals surface area contributed by atoms with Crippen LogP contribution in [0.5, 0.6) is 0 Å². The van der Waals surface area contributed by atoms with Gasteiger partial charge in [-0.15, -0.1) is 0 Å². The summed E-state index contributed by atoms with van der Waals surface area (Å²) < 4.78 is 0. The normalized spacial score (nSPS) is 19.6. The highest BCUT2D eigenvalue weighted by atomic mass is 16.2. The van der Waals surface area contributed by atoms with Crippen LogP contribution in [0.25, 0.3) is 0 Å². The molecule has 0 atom stereocenters. The van der Waals surface area contributed by atoms with Crippen molar-refractivity contribution in [2.45, 2.75) is 25.3 Å². The minimum atomic E-state index is 0.0806. The first-order valence-electron chi connectivity index (χ1n) is 7.24. The smallest absolute Gasteiger partial charge is 0.317 e. The van der Waals surface area contributed by atoms with Crippen LogP contribution in [0, 0.1) is 0 Å². The van der Waals surface area contributed by atoms with Gasteiger partial charge in [0.05, 0.1) is 17.6 Å². The Labute approximate surface area is 118 Å². The second kappa shape index (κ2) is 5.56. The number of rotatable bonds is 2. The molecule has 6 heteroatoms. The SMILES string of the molecule is Nc1cnccc1N1CCN(C(=O)NC2CCC2)CC1. The third-order valence-electron chi connectivity index (χ3n) is 4.17. The van der Waals surface area contributed by atoms with Gasteiger partial charge >= 0.3 is 6.03 Å². The van der Waals surface area contributed by atoms with E-state index in [-0.39, 0.29) is 6.03 Å². The number of carbonyl (C=O) groups excluding carboxylic acids is 1. The third-order valence-corrected chi connectivity index (χ3v) is 4.17. The second-order valence-corrected chi connectivity index (χ2v) is 5.49. The summed E-state index contributed by atoms with van der Waals surface area (Å²) >= 11 is 0. The maximum absolute atomic E-state index is 12.1. The topological polar surface area (TPSA) is 74.5 Å². The molecule has 0 aromatic carbocycles. The molecule has 2 aliphatic rings. The lowest BCUT2D eigenvalue weighted by molar-refractivity contribution is 0.183. The van der Waals surface area contributed by atoms with Crippen LogP contribution in [-0.4, -0.2) is 48.1 Å². The molecule has 1 aliphatic heterocycles. The average molecular weight is 275 g/mol. The predicted octanol–water partition coefficient (Wildman–Crippen LogP) is 1.05. The first kappa shape index (κ1) is 13.0. The van der Waals surface area contributed by atoms with Gasteiger partial charge in [0.1, 0.15) is 0 Å². The van der Waals surface area contributed by atoms with E-state index in [0.29, 0.717) is 11.7 Å². The molecule has 1 aromatic heterocycles. The van der Waals surface area contributed by atoms with Gasteiger partial charge in [0.2, 0.25) is 0 Å². The van der Waals surface area contributed by atoms with Crippen LogP contribution in [0.15, 0.2) is 18.5 Å². The Hall–Kier alpha value is -1.98. The van der Waals surface area contributed by atoms with E-state index in [1.807, 2.05) is 11.0 Å². The lowest BCUT2D eigenvalue weighted by atomic mass is 9.93. The van der Waals surface area contributed by atoms with Crippen LogP contribution >= 0.6 is 0 Å². The maximum Gasteiger partial charge on any atom is 0.317 e. The lowest BCUT2D eigenvalue weighted by Gasteiger charge is -2.38. The number of aromatic nitrogens is 1. The number of nitrogens with one attached hydrogen (secondary N) is 1. The van der Waals surface area contributed by atoms with Crippen molar-refractivity contribution in [3.8, 4) is 0 Å². The van der Waals surface area contributed by atoms with Gasteiger partial charge in [-0.25, -0.2) is 4.79 Å². The zero-order valence-corrected chi connectivity index (χ0v) is 11.6. The maximum atomic E-state index is 12.1. The minimum Gasteiger partial charge on any atom is -0.396 e. The fraction of sp³-hybridized carbons (Fsp3) is 0.571. The molecule has 6 nitrogen and oxygen atoms in total. The summed E-state index contributed by atoms with van der Waals surface area (Å²) in [4.78, 5) is 20.2. The molecule has 1 aromatic rings. The molecule has 2 amide bonds. The first-order chi connectivity index (χ1) is 9.74. The molecular weight excluding hydrogens is 254 g/mol. The number of hydrogen-bond acceptors (Lipinski definition) is 4. The van der Waals surface area contributed by atoms with Crippen LogP contribution in [0.3, 0.4) is 0 Å². The first-order valence-corrected chi connectivity index (χ1v) is 7.24. The summed E-state index contributed by atoms with van der Waals surface area (Å²) in [6.45, 7) is 3.10. The van der Waals surface area contributed by atoms with Gasteiger partial charge in [-0.1, -0.05) is 0 Å². The number of nitrogen functional groups attached to an aromatic ring is 1. The highest BCUT2D eigenvalue weighted by molar-refractivity contribution is 5.75. The molecule has 0 bridgehead atoms. The zero-order valence-electron chi connectivity index (χ0n) is 11.6. The van der Waals surface area contributed by atoms with Crippen molar-refractivity contribution in [1.29, 1.82) is 0 Å². The fourth-order valence-electron chi connectivity index (χ4n) is 2.66. The van der Waals surface area contributed by atoms with Crippen LogP contribution in [0.1, 0.15) is 19.3 Å². The van der Waals surface area contributed by atoms with E-state index in [4.69, 9.17) is 5.73 Å². The van der Waals surface area contributed by atoms with Gasteiger partial charge in [-0.3, -0.25) is 4.98 Å². The summed E-state index contributed by atoms with van der Waals surface area (Å²) in [7, 11) is 0. The molecule has 2 fully saturated rings. The van der Waals surface area contributed by atoms with Crippen molar-refractivity contribution >= 4 is 17.4 Å². The molecule has 0 unspecified atom stereocenters. The van der Waals surface area contributed by atoms with E-state index in [2.05, 4.69) is 15.2 Å². The van der Waals surface area contributed by atoms with Crippen molar-refractivity contribution in [2.75, 3.05) is 36.8 Å². The molecule has 3 rings (SSSR count). The molecule has 3 N–H and O–H groups in total. The number of urea groups is 1. The highest BCUT2D eigenvalue weighted by Gasteiger charge is 2.25. The predicted molar refractivity (Wildman–Crippen MR) is 78.6 cm³/mol. The Bertz CT molecular complexity index is 480. The molecule has 1 saturated heterocycles.